The van der Waals surface area contributed by atoms with Crippen molar-refractivity contribution in [3.8, 4) is 0 Å². The maximum absolute atomic E-state index is 4.46. The third-order valence-corrected chi connectivity index (χ3v) is 4.07. The average Bonchev–Trinajstić information content (AvgIpc) is 2.14. The van der Waals surface area contributed by atoms with Crippen LogP contribution in [0.3, 0.4) is 0 Å². The van der Waals surface area contributed by atoms with Crippen LogP contribution in [0, 0.1) is 5.41 Å². The monoisotopic (exact) mass is 217 g/mol. The van der Waals surface area contributed by atoms with E-state index in [1.165, 1.54) is 37.9 Å². The standard InChI is InChI=1S/C13H19N3/c1-10(2)11-6-14-12(15-7-11)16-8-13(9-16)4-3-5-13/h6-7,10H,3-5,8-9H2,1-2H3. The van der Waals surface area contributed by atoms with Crippen LogP contribution in [0.5, 0.6) is 0 Å². The second-order valence-corrected chi connectivity index (χ2v) is 5.68. The van der Waals surface area contributed by atoms with E-state index >= 15 is 0 Å². The van der Waals surface area contributed by atoms with Crippen LogP contribution in [0.1, 0.15) is 44.6 Å². The van der Waals surface area contributed by atoms with Crippen LogP contribution in [0.15, 0.2) is 12.4 Å². The Morgan fingerprint density at radius 2 is 1.81 bits per heavy atom. The van der Waals surface area contributed by atoms with E-state index in [0.29, 0.717) is 11.3 Å². The molecule has 0 radical (unpaired) electrons. The summed E-state index contributed by atoms with van der Waals surface area (Å²) in [5.41, 5.74) is 1.88. The van der Waals surface area contributed by atoms with Gasteiger partial charge in [0, 0.05) is 30.9 Å². The van der Waals surface area contributed by atoms with Crippen molar-refractivity contribution in [1.82, 2.24) is 9.97 Å². The van der Waals surface area contributed by atoms with E-state index < -0.39 is 0 Å². The van der Waals surface area contributed by atoms with E-state index in [1.807, 2.05) is 12.4 Å². The Hall–Kier alpha value is -1.12. The van der Waals surface area contributed by atoms with Gasteiger partial charge in [-0.2, -0.15) is 0 Å². The molecule has 0 atom stereocenters. The smallest absolute Gasteiger partial charge is 0.225 e. The summed E-state index contributed by atoms with van der Waals surface area (Å²) < 4.78 is 0. The fraction of sp³-hybridized carbons (Fsp3) is 0.692. The average molecular weight is 217 g/mol. The number of nitrogens with zero attached hydrogens (tertiary/aromatic N) is 3. The van der Waals surface area contributed by atoms with Gasteiger partial charge in [-0.15, -0.1) is 0 Å². The van der Waals surface area contributed by atoms with E-state index in [9.17, 15) is 0 Å². The SMILES string of the molecule is CC(C)c1cnc(N2CC3(CCC3)C2)nc1. The molecule has 0 N–H and O–H groups in total. The summed E-state index contributed by atoms with van der Waals surface area (Å²) in [5.74, 6) is 1.44. The van der Waals surface area contributed by atoms with Gasteiger partial charge in [-0.05, 0) is 24.3 Å². The minimum absolute atomic E-state index is 0.517. The predicted molar refractivity (Wildman–Crippen MR) is 64.6 cm³/mol. The lowest BCUT2D eigenvalue weighted by Gasteiger charge is -2.55. The summed E-state index contributed by atoms with van der Waals surface area (Å²) in [7, 11) is 0. The highest BCUT2D eigenvalue weighted by Gasteiger charge is 2.48. The first-order valence-electron chi connectivity index (χ1n) is 6.25. The molecule has 2 heterocycles. The zero-order chi connectivity index (χ0) is 11.2. The van der Waals surface area contributed by atoms with Gasteiger partial charge in [-0.25, -0.2) is 9.97 Å². The zero-order valence-corrected chi connectivity index (χ0v) is 10.1. The summed E-state index contributed by atoms with van der Waals surface area (Å²) in [6.45, 7) is 6.69. The molecule has 1 saturated carbocycles. The fourth-order valence-electron chi connectivity index (χ4n) is 2.69. The van der Waals surface area contributed by atoms with Gasteiger partial charge in [-0.1, -0.05) is 20.3 Å². The molecule has 1 aromatic heterocycles. The minimum atomic E-state index is 0.517. The quantitative estimate of drug-likeness (QED) is 0.762. The second-order valence-electron chi connectivity index (χ2n) is 5.68. The van der Waals surface area contributed by atoms with Crippen molar-refractivity contribution in [1.29, 1.82) is 0 Å². The Morgan fingerprint density at radius 3 is 2.25 bits per heavy atom. The molecule has 1 aliphatic carbocycles. The molecule has 0 bridgehead atoms. The van der Waals surface area contributed by atoms with Crippen LogP contribution in [0.25, 0.3) is 0 Å². The first-order chi connectivity index (χ1) is 7.69. The highest BCUT2D eigenvalue weighted by Crippen LogP contribution is 2.48. The maximum atomic E-state index is 4.46. The van der Waals surface area contributed by atoms with Gasteiger partial charge < -0.3 is 4.90 Å². The molecule has 2 fully saturated rings. The lowest BCUT2D eigenvalue weighted by atomic mass is 9.64. The fourth-order valence-corrected chi connectivity index (χ4v) is 2.69. The van der Waals surface area contributed by atoms with Crippen LogP contribution in [0.2, 0.25) is 0 Å². The van der Waals surface area contributed by atoms with Crippen LogP contribution in [-0.2, 0) is 0 Å². The first kappa shape index (κ1) is 10.1. The van der Waals surface area contributed by atoms with Crippen molar-refractivity contribution >= 4 is 5.95 Å². The highest BCUT2D eigenvalue weighted by atomic mass is 15.3. The second kappa shape index (κ2) is 3.44. The lowest BCUT2D eigenvalue weighted by Crippen LogP contribution is -2.60. The lowest BCUT2D eigenvalue weighted by molar-refractivity contribution is 0.0888. The van der Waals surface area contributed by atoms with Gasteiger partial charge in [0.15, 0.2) is 0 Å². The third kappa shape index (κ3) is 1.49. The van der Waals surface area contributed by atoms with E-state index in [1.54, 1.807) is 0 Å². The number of hydrogen-bond donors (Lipinski definition) is 0. The number of anilines is 1. The summed E-state index contributed by atoms with van der Waals surface area (Å²) in [6.07, 6.45) is 8.18. The molecule has 86 valence electrons. The molecule has 3 rings (SSSR count). The highest BCUT2D eigenvalue weighted by molar-refractivity contribution is 5.37. The van der Waals surface area contributed by atoms with Gasteiger partial charge in [-0.3, -0.25) is 0 Å². The molecular weight excluding hydrogens is 198 g/mol. The molecule has 0 amide bonds. The van der Waals surface area contributed by atoms with E-state index in [4.69, 9.17) is 0 Å². The van der Waals surface area contributed by atoms with Crippen molar-refractivity contribution < 1.29 is 0 Å². The summed E-state index contributed by atoms with van der Waals surface area (Å²) in [6, 6.07) is 0. The minimum Gasteiger partial charge on any atom is -0.340 e. The molecule has 16 heavy (non-hydrogen) atoms. The van der Waals surface area contributed by atoms with Crippen LogP contribution < -0.4 is 4.90 Å². The third-order valence-electron chi connectivity index (χ3n) is 4.07. The van der Waals surface area contributed by atoms with Gasteiger partial charge in [0.2, 0.25) is 5.95 Å². The van der Waals surface area contributed by atoms with Crippen molar-refractivity contribution in [3.63, 3.8) is 0 Å². The normalized spacial score (nSPS) is 22.1. The molecule has 0 aromatic carbocycles. The first-order valence-corrected chi connectivity index (χ1v) is 6.25. The molecule has 3 heteroatoms. The van der Waals surface area contributed by atoms with Crippen LogP contribution in [-0.4, -0.2) is 23.1 Å². The Kier molecular flexibility index (Phi) is 2.16. The molecule has 0 unspecified atom stereocenters. The molecule has 1 saturated heterocycles. The summed E-state index contributed by atoms with van der Waals surface area (Å²) >= 11 is 0. The Bertz CT molecular complexity index is 371. The van der Waals surface area contributed by atoms with Crippen LogP contribution >= 0.6 is 0 Å². The van der Waals surface area contributed by atoms with Crippen molar-refractivity contribution in [3.05, 3.63) is 18.0 Å². The molecule has 1 aromatic rings. The van der Waals surface area contributed by atoms with Gasteiger partial charge in [0.25, 0.3) is 0 Å². The van der Waals surface area contributed by atoms with E-state index in [2.05, 4.69) is 28.7 Å². The van der Waals surface area contributed by atoms with Crippen molar-refractivity contribution in [2.75, 3.05) is 18.0 Å². The van der Waals surface area contributed by atoms with Crippen molar-refractivity contribution in [2.24, 2.45) is 5.41 Å². The molecular formula is C13H19N3. The number of aromatic nitrogens is 2. The van der Waals surface area contributed by atoms with Crippen molar-refractivity contribution in [2.45, 2.75) is 39.0 Å². The van der Waals surface area contributed by atoms with Gasteiger partial charge >= 0.3 is 0 Å². The summed E-state index contributed by atoms with van der Waals surface area (Å²) in [4.78, 5) is 11.2. The largest absolute Gasteiger partial charge is 0.340 e. The zero-order valence-electron chi connectivity index (χ0n) is 10.1. The van der Waals surface area contributed by atoms with E-state index in [0.717, 1.165) is 5.95 Å². The number of hydrogen-bond acceptors (Lipinski definition) is 3. The van der Waals surface area contributed by atoms with Gasteiger partial charge in [0.05, 0.1) is 0 Å². The number of rotatable bonds is 2. The maximum Gasteiger partial charge on any atom is 0.225 e. The van der Waals surface area contributed by atoms with E-state index in [-0.39, 0.29) is 0 Å². The predicted octanol–water partition coefficient (Wildman–Crippen LogP) is 2.59. The molecule has 2 aliphatic rings. The van der Waals surface area contributed by atoms with Gasteiger partial charge in [0.1, 0.15) is 0 Å². The topological polar surface area (TPSA) is 29.0 Å². The Balaban J connectivity index is 1.67. The van der Waals surface area contributed by atoms with Crippen LogP contribution in [0.4, 0.5) is 5.95 Å². The molecule has 1 spiro atoms. The molecule has 1 aliphatic heterocycles. The Labute approximate surface area is 96.9 Å². The summed E-state index contributed by atoms with van der Waals surface area (Å²) in [5, 5.41) is 0. The molecule has 3 nitrogen and oxygen atoms in total. The Morgan fingerprint density at radius 1 is 1.19 bits per heavy atom.